The van der Waals surface area contributed by atoms with E-state index in [1.807, 2.05) is 18.2 Å². The summed E-state index contributed by atoms with van der Waals surface area (Å²) in [5.74, 6) is 3.44. The third kappa shape index (κ3) is 6.25. The van der Waals surface area contributed by atoms with Crippen LogP contribution in [-0.2, 0) is 20.7 Å². The van der Waals surface area contributed by atoms with Crippen LogP contribution >= 0.6 is 0 Å². The van der Waals surface area contributed by atoms with Crippen LogP contribution in [0.3, 0.4) is 0 Å². The Morgan fingerprint density at radius 2 is 1.81 bits per heavy atom. The van der Waals surface area contributed by atoms with Gasteiger partial charge in [0.15, 0.2) is 0 Å². The molecule has 8 atom stereocenters. The first-order chi connectivity index (χ1) is 20.5. The topological polar surface area (TPSA) is 93.1 Å². The van der Waals surface area contributed by atoms with Crippen LogP contribution in [0.2, 0.25) is 0 Å². The second-order valence-corrected chi connectivity index (χ2v) is 14.8. The number of hydrogen-bond acceptors (Lipinski definition) is 6. The number of methoxy groups -OCH3 is 1. The molecule has 1 aromatic carbocycles. The van der Waals surface area contributed by atoms with Crippen molar-refractivity contribution < 1.29 is 29.0 Å². The van der Waals surface area contributed by atoms with Gasteiger partial charge in [-0.3, -0.25) is 9.59 Å². The zero-order valence-corrected chi connectivity index (χ0v) is 27.0. The first-order valence-corrected chi connectivity index (χ1v) is 16.7. The number of esters is 1. The van der Waals surface area contributed by atoms with Gasteiger partial charge in [-0.1, -0.05) is 19.9 Å². The number of aliphatic hydroxyl groups is 1. The van der Waals surface area contributed by atoms with E-state index >= 15 is 0 Å². The van der Waals surface area contributed by atoms with E-state index in [9.17, 15) is 19.5 Å². The van der Waals surface area contributed by atoms with Crippen molar-refractivity contribution in [2.24, 2.45) is 40.4 Å². The predicted molar refractivity (Wildman–Crippen MR) is 166 cm³/mol. The fourth-order valence-corrected chi connectivity index (χ4v) is 9.82. The molecule has 0 spiro atoms. The lowest BCUT2D eigenvalue weighted by molar-refractivity contribution is -0.156. The standard InChI is InChI=1S/C36H53NO6/c1-35-17-15-26(38)22-25(35)21-24(33-28-12-14-31(39)36(28,2)18-16-29(33)35)9-6-8-23-11-13-30(27(20-23)34(41)42-5)43-19-7-10-32(40)37(3)4/h11,13,20,24-25,28-29,31,33,39H,6-10,12,14-19,21-22H2,1-5H3/t24?,25?,28-,29+,31?,33-,35-,36-/m0/s1. The van der Waals surface area contributed by atoms with Crippen LogP contribution in [0, 0.1) is 40.4 Å². The number of aryl methyl sites for hydroxylation is 1. The fourth-order valence-electron chi connectivity index (χ4n) is 9.82. The van der Waals surface area contributed by atoms with Crippen molar-refractivity contribution in [3.05, 3.63) is 29.3 Å². The van der Waals surface area contributed by atoms with Gasteiger partial charge in [0, 0.05) is 33.4 Å². The molecule has 0 heterocycles. The number of carbonyl (C=O) groups excluding carboxylic acids is 3. The molecule has 4 aliphatic carbocycles. The molecule has 0 aromatic heterocycles. The van der Waals surface area contributed by atoms with Gasteiger partial charge in [0.25, 0.3) is 0 Å². The molecule has 7 nitrogen and oxygen atoms in total. The van der Waals surface area contributed by atoms with Crippen molar-refractivity contribution in [3.63, 3.8) is 0 Å². The Morgan fingerprint density at radius 1 is 1.05 bits per heavy atom. The third-order valence-electron chi connectivity index (χ3n) is 12.4. The Hall–Kier alpha value is -2.41. The summed E-state index contributed by atoms with van der Waals surface area (Å²) < 4.78 is 11.0. The SMILES string of the molecule is COC(=O)c1cc(CCCC2CC3CC(=O)CC[C@]3(C)[C@@H]3CC[C@]4(C)C(O)CC[C@H]4[C@H]23)ccc1OCCCC(=O)N(C)C. The second-order valence-electron chi connectivity index (χ2n) is 14.8. The van der Waals surface area contributed by atoms with Crippen molar-refractivity contribution >= 4 is 17.7 Å². The van der Waals surface area contributed by atoms with Gasteiger partial charge in [0.05, 0.1) is 19.8 Å². The number of rotatable bonds is 10. The number of benzene rings is 1. The van der Waals surface area contributed by atoms with Crippen LogP contribution in [0.1, 0.15) is 107 Å². The molecule has 1 amide bonds. The number of hydrogen-bond donors (Lipinski definition) is 1. The minimum atomic E-state index is -0.418. The largest absolute Gasteiger partial charge is 0.493 e. The van der Waals surface area contributed by atoms with Crippen LogP contribution in [0.25, 0.3) is 0 Å². The Bertz CT molecular complexity index is 1200. The maximum absolute atomic E-state index is 12.6. The van der Waals surface area contributed by atoms with Crippen molar-refractivity contribution in [1.29, 1.82) is 0 Å². The van der Waals surface area contributed by atoms with Crippen molar-refractivity contribution in [1.82, 2.24) is 4.90 Å². The monoisotopic (exact) mass is 595 g/mol. The highest BCUT2D eigenvalue weighted by atomic mass is 16.5. The minimum Gasteiger partial charge on any atom is -0.493 e. The molecule has 238 valence electrons. The lowest BCUT2D eigenvalue weighted by Crippen LogP contribution is -2.57. The lowest BCUT2D eigenvalue weighted by Gasteiger charge is -2.62. The van der Waals surface area contributed by atoms with Crippen molar-refractivity contribution in [2.45, 2.75) is 103 Å². The van der Waals surface area contributed by atoms with Gasteiger partial charge in [-0.25, -0.2) is 4.79 Å². The molecule has 7 heteroatoms. The maximum atomic E-state index is 12.6. The quantitative estimate of drug-likeness (QED) is 0.254. The summed E-state index contributed by atoms with van der Waals surface area (Å²) in [7, 11) is 4.86. The van der Waals surface area contributed by atoms with E-state index in [1.54, 1.807) is 19.0 Å². The molecule has 0 radical (unpaired) electrons. The summed E-state index contributed by atoms with van der Waals surface area (Å²) in [4.78, 5) is 38.7. The van der Waals surface area contributed by atoms with Gasteiger partial charge in [-0.15, -0.1) is 0 Å². The van der Waals surface area contributed by atoms with Gasteiger partial charge < -0.3 is 19.5 Å². The van der Waals surface area contributed by atoms with Crippen LogP contribution in [0.15, 0.2) is 18.2 Å². The average Bonchev–Trinajstić information content (AvgIpc) is 3.29. The number of Topliss-reactive ketones (excluding diaryl/α,β-unsaturated/α-hetero) is 1. The number of carbonyl (C=O) groups is 3. The molecule has 4 fully saturated rings. The molecule has 4 aliphatic rings. The normalized spacial score (nSPS) is 35.0. The summed E-state index contributed by atoms with van der Waals surface area (Å²) >= 11 is 0. The summed E-state index contributed by atoms with van der Waals surface area (Å²) in [6, 6.07) is 5.80. The fraction of sp³-hybridized carbons (Fsp3) is 0.750. The Balaban J connectivity index is 1.27. The third-order valence-corrected chi connectivity index (χ3v) is 12.4. The van der Waals surface area contributed by atoms with E-state index < -0.39 is 5.97 Å². The highest BCUT2D eigenvalue weighted by Crippen LogP contribution is 2.67. The maximum Gasteiger partial charge on any atom is 0.341 e. The number of aliphatic hydroxyl groups excluding tert-OH is 1. The van der Waals surface area contributed by atoms with E-state index in [0.717, 1.165) is 69.8 Å². The Labute approximate surface area is 258 Å². The second kappa shape index (κ2) is 12.9. The Morgan fingerprint density at radius 3 is 2.56 bits per heavy atom. The number of ketones is 1. The first kappa shape index (κ1) is 32.0. The molecule has 1 N–H and O–H groups in total. The molecule has 1 aromatic rings. The molecule has 5 rings (SSSR count). The molecular weight excluding hydrogens is 542 g/mol. The lowest BCUT2D eigenvalue weighted by atomic mass is 9.42. The van der Waals surface area contributed by atoms with E-state index in [2.05, 4.69) is 13.8 Å². The molecule has 43 heavy (non-hydrogen) atoms. The highest BCUT2D eigenvalue weighted by Gasteiger charge is 2.62. The molecule has 0 bridgehead atoms. The predicted octanol–water partition coefficient (Wildman–Crippen LogP) is 6.24. The van der Waals surface area contributed by atoms with Crippen LogP contribution in [0.5, 0.6) is 5.75 Å². The van der Waals surface area contributed by atoms with Gasteiger partial charge in [0.2, 0.25) is 5.91 Å². The summed E-state index contributed by atoms with van der Waals surface area (Å²) in [5.41, 5.74) is 1.79. The minimum absolute atomic E-state index is 0.0259. The molecule has 0 aliphatic heterocycles. The van der Waals surface area contributed by atoms with Crippen LogP contribution in [-0.4, -0.2) is 61.6 Å². The Kier molecular flexibility index (Phi) is 9.60. The van der Waals surface area contributed by atoms with Gasteiger partial charge >= 0.3 is 5.97 Å². The molecule has 4 saturated carbocycles. The summed E-state index contributed by atoms with van der Waals surface area (Å²) in [5, 5.41) is 11.0. The van der Waals surface area contributed by atoms with Crippen LogP contribution < -0.4 is 4.74 Å². The number of nitrogens with zero attached hydrogens (tertiary/aromatic N) is 1. The molecular formula is C36H53NO6. The summed E-state index contributed by atoms with van der Waals surface area (Å²) in [6.07, 6.45) is 11.8. The van der Waals surface area contributed by atoms with E-state index in [1.165, 1.54) is 13.5 Å². The van der Waals surface area contributed by atoms with E-state index in [4.69, 9.17) is 9.47 Å². The molecule has 3 unspecified atom stereocenters. The number of amides is 1. The highest BCUT2D eigenvalue weighted by molar-refractivity contribution is 5.92. The van der Waals surface area contributed by atoms with Gasteiger partial charge in [0.1, 0.15) is 17.1 Å². The van der Waals surface area contributed by atoms with Crippen LogP contribution in [0.4, 0.5) is 0 Å². The van der Waals surface area contributed by atoms with Gasteiger partial charge in [-0.05, 0) is 122 Å². The van der Waals surface area contributed by atoms with E-state index in [-0.39, 0.29) is 22.8 Å². The first-order valence-electron chi connectivity index (χ1n) is 16.7. The average molecular weight is 596 g/mol. The molecule has 0 saturated heterocycles. The van der Waals surface area contributed by atoms with Gasteiger partial charge in [-0.2, -0.15) is 0 Å². The zero-order chi connectivity index (χ0) is 30.9. The van der Waals surface area contributed by atoms with Crippen molar-refractivity contribution in [2.75, 3.05) is 27.8 Å². The van der Waals surface area contributed by atoms with E-state index in [0.29, 0.717) is 66.1 Å². The van der Waals surface area contributed by atoms with Crippen molar-refractivity contribution in [3.8, 4) is 5.75 Å². The zero-order valence-electron chi connectivity index (χ0n) is 27.0. The summed E-state index contributed by atoms with van der Waals surface area (Å²) in [6.45, 7) is 5.19. The number of fused-ring (bicyclic) bond motifs is 5. The smallest absolute Gasteiger partial charge is 0.341 e. The number of ether oxygens (including phenoxy) is 2.